The van der Waals surface area contributed by atoms with Crippen LogP contribution in [0.5, 0.6) is 0 Å². The van der Waals surface area contributed by atoms with E-state index in [2.05, 4.69) is 48.5 Å². The highest BCUT2D eigenvalue weighted by Crippen LogP contribution is 2.28. The summed E-state index contributed by atoms with van der Waals surface area (Å²) in [6.07, 6.45) is 7.29. The van der Waals surface area contributed by atoms with Gasteiger partial charge in [0, 0.05) is 43.7 Å². The number of hydrogen-bond acceptors (Lipinski definition) is 9. The van der Waals surface area contributed by atoms with Crippen LogP contribution in [0.4, 0.5) is 19.6 Å². The largest absolute Gasteiger partial charge is 0.380 e. The molecule has 0 fully saturated rings. The lowest BCUT2D eigenvalue weighted by Gasteiger charge is -2.25. The molecule has 0 radical (unpaired) electrons. The molecule has 0 atom stereocenters. The standard InChI is InChI=1S/C29H32F2N10OS/c1-5-42-9-8-39(17(2)3)15-20-10-25(43-38-20)37-28-29-32-12-23(41(29)13-18(4)34-28)19-11-33-40(14-19)16-24-35-22-7-6-21(30)26(31)27(22)36-24/h6-7,10-14,17H,5,8-9,15-16H2,1-4H3,(H,34,37)(H,35,36). The summed E-state index contributed by atoms with van der Waals surface area (Å²) in [5, 5.41) is 8.75. The number of aryl methyl sites for hydroxylation is 1. The minimum atomic E-state index is -0.968. The van der Waals surface area contributed by atoms with Crippen molar-refractivity contribution >= 4 is 39.0 Å². The zero-order valence-corrected chi connectivity index (χ0v) is 25.1. The van der Waals surface area contributed by atoms with Crippen LogP contribution in [-0.4, -0.2) is 69.2 Å². The van der Waals surface area contributed by atoms with Gasteiger partial charge in [0.05, 0.1) is 48.1 Å². The fraction of sp³-hybridized carbons (Fsp3) is 0.345. The maximum absolute atomic E-state index is 14.1. The number of aromatic nitrogens is 8. The zero-order valence-electron chi connectivity index (χ0n) is 24.3. The molecule has 0 amide bonds. The molecular formula is C29H32F2N10OS. The SMILES string of the molecule is CCOCCN(Cc1cc(Nc2nc(C)cn3c(-c4cnn(Cc5nc6c(F)c(F)ccc6[nH]5)c4)cnc23)sn1)C(C)C. The number of halogens is 2. The second-order valence-corrected chi connectivity index (χ2v) is 11.3. The predicted octanol–water partition coefficient (Wildman–Crippen LogP) is 5.55. The van der Waals surface area contributed by atoms with Gasteiger partial charge in [-0.2, -0.15) is 9.47 Å². The molecule has 2 N–H and O–H groups in total. The van der Waals surface area contributed by atoms with Gasteiger partial charge in [-0.1, -0.05) is 0 Å². The molecular weight excluding hydrogens is 574 g/mol. The van der Waals surface area contributed by atoms with E-state index < -0.39 is 11.6 Å². The highest BCUT2D eigenvalue weighted by molar-refractivity contribution is 7.10. The van der Waals surface area contributed by atoms with Crippen molar-refractivity contribution in [2.24, 2.45) is 0 Å². The van der Waals surface area contributed by atoms with Crippen molar-refractivity contribution in [3.8, 4) is 11.3 Å². The molecule has 0 bridgehead atoms. The fourth-order valence-electron chi connectivity index (χ4n) is 4.90. The van der Waals surface area contributed by atoms with E-state index >= 15 is 0 Å². The first-order valence-corrected chi connectivity index (χ1v) is 14.8. The molecule has 5 heterocycles. The van der Waals surface area contributed by atoms with E-state index in [1.54, 1.807) is 17.1 Å². The van der Waals surface area contributed by atoms with Crippen LogP contribution < -0.4 is 5.32 Å². The molecule has 1 aromatic carbocycles. The molecule has 11 nitrogen and oxygen atoms in total. The van der Waals surface area contributed by atoms with E-state index in [-0.39, 0.29) is 12.1 Å². The molecule has 5 aromatic heterocycles. The lowest BCUT2D eigenvalue weighted by Crippen LogP contribution is -2.33. The molecule has 0 unspecified atom stereocenters. The maximum Gasteiger partial charge on any atom is 0.186 e. The minimum absolute atomic E-state index is 0.0287. The summed E-state index contributed by atoms with van der Waals surface area (Å²) in [6, 6.07) is 4.97. The third-order valence-corrected chi connectivity index (χ3v) is 7.81. The van der Waals surface area contributed by atoms with Crippen molar-refractivity contribution in [2.45, 2.75) is 46.8 Å². The Morgan fingerprint density at radius 3 is 2.84 bits per heavy atom. The Hall–Kier alpha value is -4.27. The summed E-state index contributed by atoms with van der Waals surface area (Å²) < 4.78 is 41.6. The van der Waals surface area contributed by atoms with Crippen LogP contribution >= 0.6 is 11.5 Å². The lowest BCUT2D eigenvalue weighted by atomic mass is 10.3. The second kappa shape index (κ2) is 12.1. The van der Waals surface area contributed by atoms with Gasteiger partial charge in [-0.05, 0) is 57.4 Å². The summed E-state index contributed by atoms with van der Waals surface area (Å²) in [6.45, 7) is 11.5. The molecule has 6 aromatic rings. The fourth-order valence-corrected chi connectivity index (χ4v) is 5.56. The molecule has 6 rings (SSSR count). The zero-order chi connectivity index (χ0) is 30.1. The number of H-pyrrole nitrogens is 1. The smallest absolute Gasteiger partial charge is 0.186 e. The van der Waals surface area contributed by atoms with Crippen molar-refractivity contribution in [1.82, 2.24) is 43.4 Å². The summed E-state index contributed by atoms with van der Waals surface area (Å²) >= 11 is 1.39. The van der Waals surface area contributed by atoms with Gasteiger partial charge in [-0.25, -0.2) is 23.7 Å². The van der Waals surface area contributed by atoms with Crippen LogP contribution in [0.2, 0.25) is 0 Å². The monoisotopic (exact) mass is 606 g/mol. The number of imidazole rings is 2. The van der Waals surface area contributed by atoms with Crippen molar-refractivity contribution in [3.63, 3.8) is 0 Å². The highest BCUT2D eigenvalue weighted by atomic mass is 32.1. The molecule has 224 valence electrons. The Bertz CT molecular complexity index is 1870. The second-order valence-electron chi connectivity index (χ2n) is 10.5. The van der Waals surface area contributed by atoms with Gasteiger partial charge in [-0.15, -0.1) is 0 Å². The molecule has 0 aliphatic heterocycles. The number of nitrogens with zero attached hydrogens (tertiary/aromatic N) is 8. The number of benzene rings is 1. The van der Waals surface area contributed by atoms with Gasteiger partial charge in [0.2, 0.25) is 0 Å². The Morgan fingerprint density at radius 2 is 2.02 bits per heavy atom. The van der Waals surface area contributed by atoms with Gasteiger partial charge in [0.25, 0.3) is 0 Å². The van der Waals surface area contributed by atoms with Gasteiger partial charge >= 0.3 is 0 Å². The molecule has 14 heteroatoms. The first-order chi connectivity index (χ1) is 20.8. The average molecular weight is 607 g/mol. The number of rotatable bonds is 12. The number of fused-ring (bicyclic) bond motifs is 2. The summed E-state index contributed by atoms with van der Waals surface area (Å²) in [5.74, 6) is -0.805. The number of aromatic amines is 1. The van der Waals surface area contributed by atoms with Crippen LogP contribution in [0.15, 0.2) is 43.0 Å². The topological polar surface area (TPSA) is 114 Å². The third-order valence-electron chi connectivity index (χ3n) is 7.07. The quantitative estimate of drug-likeness (QED) is 0.174. The molecule has 0 aliphatic rings. The number of ether oxygens (including phenoxy) is 1. The van der Waals surface area contributed by atoms with E-state index in [0.29, 0.717) is 42.1 Å². The number of nitrogens with one attached hydrogen (secondary N) is 2. The molecule has 0 saturated heterocycles. The molecule has 0 spiro atoms. The van der Waals surface area contributed by atoms with Crippen molar-refractivity contribution in [2.75, 3.05) is 25.1 Å². The Balaban J connectivity index is 1.20. The number of hydrogen-bond donors (Lipinski definition) is 2. The third kappa shape index (κ3) is 6.12. The van der Waals surface area contributed by atoms with Gasteiger partial charge in [0.1, 0.15) is 16.3 Å². The van der Waals surface area contributed by atoms with E-state index in [1.165, 1.54) is 17.6 Å². The van der Waals surface area contributed by atoms with Crippen molar-refractivity contribution < 1.29 is 13.5 Å². The van der Waals surface area contributed by atoms with Crippen molar-refractivity contribution in [1.29, 1.82) is 0 Å². The van der Waals surface area contributed by atoms with E-state index in [0.717, 1.165) is 46.8 Å². The molecule has 0 aliphatic carbocycles. The van der Waals surface area contributed by atoms with Gasteiger partial charge in [0.15, 0.2) is 23.1 Å². The predicted molar refractivity (Wildman–Crippen MR) is 161 cm³/mol. The Kier molecular flexibility index (Phi) is 8.15. The van der Waals surface area contributed by atoms with Crippen LogP contribution in [0.1, 0.15) is 38.0 Å². The number of anilines is 2. The maximum atomic E-state index is 14.1. The summed E-state index contributed by atoms with van der Waals surface area (Å²) in [4.78, 5) is 19.0. The minimum Gasteiger partial charge on any atom is -0.380 e. The van der Waals surface area contributed by atoms with Crippen molar-refractivity contribution in [3.05, 3.63) is 71.8 Å². The summed E-state index contributed by atoms with van der Waals surface area (Å²) in [7, 11) is 0. The average Bonchev–Trinajstić information content (AvgIpc) is 3.77. The van der Waals surface area contributed by atoms with Gasteiger partial charge < -0.3 is 15.0 Å². The van der Waals surface area contributed by atoms with Gasteiger partial charge in [-0.3, -0.25) is 14.0 Å². The first kappa shape index (κ1) is 28.8. The van der Waals surface area contributed by atoms with E-state index in [4.69, 9.17) is 9.72 Å². The summed E-state index contributed by atoms with van der Waals surface area (Å²) in [5.41, 5.74) is 4.52. The van der Waals surface area contributed by atoms with Crippen LogP contribution in [0, 0.1) is 18.6 Å². The molecule has 0 saturated carbocycles. The lowest BCUT2D eigenvalue weighted by molar-refractivity contribution is 0.0968. The van der Waals surface area contributed by atoms with E-state index in [1.807, 2.05) is 36.7 Å². The molecule has 43 heavy (non-hydrogen) atoms. The van der Waals surface area contributed by atoms with Crippen LogP contribution in [0.3, 0.4) is 0 Å². The first-order valence-electron chi connectivity index (χ1n) is 14.0. The normalized spacial score (nSPS) is 12.0. The Labute approximate surface area is 250 Å². The van der Waals surface area contributed by atoms with Crippen LogP contribution in [0.25, 0.3) is 27.9 Å². The highest BCUT2D eigenvalue weighted by Gasteiger charge is 2.17. The van der Waals surface area contributed by atoms with E-state index in [9.17, 15) is 8.78 Å². The Morgan fingerprint density at radius 1 is 1.16 bits per heavy atom. The van der Waals surface area contributed by atoms with Crippen LogP contribution in [-0.2, 0) is 17.8 Å².